The molecule has 2 aromatic rings. The Balaban J connectivity index is 1.93. The van der Waals surface area contributed by atoms with Crippen molar-refractivity contribution in [3.8, 4) is 0 Å². The van der Waals surface area contributed by atoms with Crippen molar-refractivity contribution in [1.82, 2.24) is 14.1 Å². The van der Waals surface area contributed by atoms with Crippen LogP contribution in [0.2, 0.25) is 0 Å². The second kappa shape index (κ2) is 5.31. The van der Waals surface area contributed by atoms with Gasteiger partial charge in [-0.15, -0.1) is 0 Å². The van der Waals surface area contributed by atoms with Crippen LogP contribution in [-0.2, 0) is 16.6 Å². The predicted molar refractivity (Wildman–Crippen MR) is 77.2 cm³/mol. The van der Waals surface area contributed by atoms with Gasteiger partial charge in [-0.05, 0) is 38.8 Å². The van der Waals surface area contributed by atoms with Crippen LogP contribution < -0.4 is 0 Å². The molecule has 0 N–H and O–H groups in total. The van der Waals surface area contributed by atoms with Gasteiger partial charge in [0.15, 0.2) is 0 Å². The van der Waals surface area contributed by atoms with E-state index in [9.17, 15) is 8.42 Å². The van der Waals surface area contributed by atoms with Gasteiger partial charge in [-0.25, -0.2) is 8.42 Å². The van der Waals surface area contributed by atoms with Crippen molar-refractivity contribution >= 4 is 10.0 Å². The average molecular weight is 309 g/mol. The summed E-state index contributed by atoms with van der Waals surface area (Å²) >= 11 is 0. The maximum atomic E-state index is 12.8. The van der Waals surface area contributed by atoms with Gasteiger partial charge in [0.05, 0.1) is 12.2 Å². The molecule has 1 aliphatic heterocycles. The summed E-state index contributed by atoms with van der Waals surface area (Å²) in [5.74, 6) is 1.52. The maximum Gasteiger partial charge on any atom is 0.246 e. The fourth-order valence-corrected chi connectivity index (χ4v) is 4.35. The number of sulfonamides is 1. The van der Waals surface area contributed by atoms with Crippen LogP contribution in [0, 0.1) is 6.92 Å². The van der Waals surface area contributed by atoms with Crippen LogP contribution in [0.1, 0.15) is 37.3 Å². The van der Waals surface area contributed by atoms with E-state index in [1.54, 1.807) is 10.9 Å². The lowest BCUT2D eigenvalue weighted by Crippen LogP contribution is -2.30. The van der Waals surface area contributed by atoms with Gasteiger partial charge in [0.2, 0.25) is 10.0 Å². The Morgan fingerprint density at radius 1 is 1.43 bits per heavy atom. The normalized spacial score (nSPS) is 20.2. The molecule has 0 saturated carbocycles. The monoisotopic (exact) mass is 309 g/mol. The largest absolute Gasteiger partial charge is 0.465 e. The lowest BCUT2D eigenvalue weighted by molar-refractivity contribution is 0.334. The zero-order valence-electron chi connectivity index (χ0n) is 12.2. The molecular formula is C14H19N3O3S. The van der Waals surface area contributed by atoms with E-state index in [0.29, 0.717) is 13.1 Å². The molecule has 0 unspecified atom stereocenters. The third-order valence-electron chi connectivity index (χ3n) is 3.83. The van der Waals surface area contributed by atoms with E-state index in [0.717, 1.165) is 24.4 Å². The van der Waals surface area contributed by atoms with Crippen molar-refractivity contribution in [2.24, 2.45) is 0 Å². The Morgan fingerprint density at radius 2 is 2.24 bits per heavy atom. The second-order valence-corrected chi connectivity index (χ2v) is 7.14. The molecule has 1 fully saturated rings. The number of aromatic nitrogens is 2. The van der Waals surface area contributed by atoms with E-state index in [-0.39, 0.29) is 10.9 Å². The molecule has 7 heteroatoms. The van der Waals surface area contributed by atoms with Gasteiger partial charge in [-0.2, -0.15) is 9.40 Å². The predicted octanol–water partition coefficient (Wildman–Crippen LogP) is 2.33. The lowest BCUT2D eigenvalue weighted by Gasteiger charge is -2.21. The van der Waals surface area contributed by atoms with E-state index in [1.807, 2.05) is 26.0 Å². The topological polar surface area (TPSA) is 68.3 Å². The first-order chi connectivity index (χ1) is 10.0. The van der Waals surface area contributed by atoms with Gasteiger partial charge in [0.1, 0.15) is 16.4 Å². The van der Waals surface area contributed by atoms with Gasteiger partial charge in [-0.1, -0.05) is 0 Å². The van der Waals surface area contributed by atoms with E-state index in [1.165, 1.54) is 10.5 Å². The molecule has 1 saturated heterocycles. The third kappa shape index (κ3) is 2.51. The zero-order chi connectivity index (χ0) is 15.0. The minimum Gasteiger partial charge on any atom is -0.465 e. The molecule has 6 nitrogen and oxygen atoms in total. The van der Waals surface area contributed by atoms with E-state index >= 15 is 0 Å². The Hall–Kier alpha value is -1.60. The number of nitrogens with zero attached hydrogens (tertiary/aromatic N) is 3. The van der Waals surface area contributed by atoms with Crippen LogP contribution in [0.5, 0.6) is 0 Å². The molecular weight excluding hydrogens is 290 g/mol. The standard InChI is InChI=1S/C14H19N3O3S/c1-3-16-10-12(9-15-16)21(18,19)17-8-4-5-13(17)14-7-6-11(2)20-14/h6-7,9-10,13H,3-5,8H2,1-2H3/t13-/m1/s1. The highest BCUT2D eigenvalue weighted by Crippen LogP contribution is 2.37. The molecule has 0 radical (unpaired) electrons. The van der Waals surface area contributed by atoms with Gasteiger partial charge < -0.3 is 4.42 Å². The zero-order valence-corrected chi connectivity index (χ0v) is 13.0. The molecule has 0 aliphatic carbocycles. The molecule has 114 valence electrons. The van der Waals surface area contributed by atoms with Crippen LogP contribution in [0.25, 0.3) is 0 Å². The van der Waals surface area contributed by atoms with Crippen molar-refractivity contribution in [3.63, 3.8) is 0 Å². The van der Waals surface area contributed by atoms with Crippen molar-refractivity contribution in [2.45, 2.75) is 44.2 Å². The molecule has 3 rings (SSSR count). The summed E-state index contributed by atoms with van der Waals surface area (Å²) < 4.78 is 34.3. The van der Waals surface area contributed by atoms with Crippen LogP contribution in [0.4, 0.5) is 0 Å². The van der Waals surface area contributed by atoms with Crippen LogP contribution in [-0.4, -0.2) is 29.0 Å². The molecule has 0 spiro atoms. The first kappa shape index (κ1) is 14.3. The summed E-state index contributed by atoms with van der Waals surface area (Å²) in [4.78, 5) is 0.250. The van der Waals surface area contributed by atoms with Crippen molar-refractivity contribution in [3.05, 3.63) is 36.0 Å². The number of aryl methyl sites for hydroxylation is 2. The summed E-state index contributed by atoms with van der Waals surface area (Å²) in [6, 6.07) is 3.52. The van der Waals surface area contributed by atoms with Crippen molar-refractivity contribution in [2.75, 3.05) is 6.54 Å². The highest BCUT2D eigenvalue weighted by molar-refractivity contribution is 7.89. The van der Waals surface area contributed by atoms with Crippen molar-refractivity contribution in [1.29, 1.82) is 0 Å². The summed E-state index contributed by atoms with van der Waals surface area (Å²) in [6.07, 6.45) is 4.62. The number of rotatable bonds is 4. The lowest BCUT2D eigenvalue weighted by atomic mass is 10.2. The van der Waals surface area contributed by atoms with Crippen LogP contribution in [0.3, 0.4) is 0 Å². The highest BCUT2D eigenvalue weighted by Gasteiger charge is 2.38. The van der Waals surface area contributed by atoms with E-state index in [2.05, 4.69) is 5.10 Å². The van der Waals surface area contributed by atoms with Gasteiger partial charge >= 0.3 is 0 Å². The Labute approximate surface area is 124 Å². The average Bonchev–Trinajstić information content (AvgIpc) is 3.18. The molecule has 0 amide bonds. The number of hydrogen-bond donors (Lipinski definition) is 0. The minimum atomic E-state index is -3.53. The van der Waals surface area contributed by atoms with Gasteiger partial charge in [0.25, 0.3) is 0 Å². The smallest absolute Gasteiger partial charge is 0.246 e. The van der Waals surface area contributed by atoms with E-state index in [4.69, 9.17) is 4.42 Å². The van der Waals surface area contributed by atoms with E-state index < -0.39 is 10.0 Å². The fourth-order valence-electron chi connectivity index (χ4n) is 2.73. The maximum absolute atomic E-state index is 12.8. The second-order valence-electron chi connectivity index (χ2n) is 5.25. The molecule has 0 aromatic carbocycles. The van der Waals surface area contributed by atoms with Crippen LogP contribution >= 0.6 is 0 Å². The fraction of sp³-hybridized carbons (Fsp3) is 0.500. The highest BCUT2D eigenvalue weighted by atomic mass is 32.2. The summed E-state index contributed by atoms with van der Waals surface area (Å²) in [5.41, 5.74) is 0. The quantitative estimate of drug-likeness (QED) is 0.869. The Kier molecular flexibility index (Phi) is 3.62. The summed E-state index contributed by atoms with van der Waals surface area (Å²) in [6.45, 7) is 4.95. The molecule has 3 heterocycles. The SMILES string of the molecule is CCn1cc(S(=O)(=O)N2CCC[C@@H]2c2ccc(C)o2)cn1. The Bertz CT molecular complexity index is 732. The minimum absolute atomic E-state index is 0.214. The Morgan fingerprint density at radius 3 is 2.86 bits per heavy atom. The number of furan rings is 1. The van der Waals surface area contributed by atoms with Crippen molar-refractivity contribution < 1.29 is 12.8 Å². The molecule has 2 aromatic heterocycles. The summed E-state index contributed by atoms with van der Waals surface area (Å²) in [5, 5.41) is 4.06. The van der Waals surface area contributed by atoms with Gasteiger partial charge in [-0.3, -0.25) is 4.68 Å². The molecule has 1 aliphatic rings. The molecule has 1 atom stereocenters. The summed E-state index contributed by atoms with van der Waals surface area (Å²) in [7, 11) is -3.53. The third-order valence-corrected chi connectivity index (χ3v) is 5.69. The van der Waals surface area contributed by atoms with Gasteiger partial charge in [0, 0.05) is 19.3 Å². The van der Waals surface area contributed by atoms with Crippen LogP contribution in [0.15, 0.2) is 33.8 Å². The molecule has 21 heavy (non-hydrogen) atoms. The first-order valence-electron chi connectivity index (χ1n) is 7.13. The number of hydrogen-bond acceptors (Lipinski definition) is 4. The first-order valence-corrected chi connectivity index (χ1v) is 8.57. The molecule has 0 bridgehead atoms.